The summed E-state index contributed by atoms with van der Waals surface area (Å²) in [6.07, 6.45) is 2.28. The fourth-order valence-electron chi connectivity index (χ4n) is 1.93. The molecule has 0 atom stereocenters. The summed E-state index contributed by atoms with van der Waals surface area (Å²) in [7, 11) is 0. The monoisotopic (exact) mass is 313 g/mol. The van der Waals surface area contributed by atoms with Crippen LogP contribution in [0.1, 0.15) is 18.4 Å². The average molecular weight is 314 g/mol. The highest BCUT2D eigenvalue weighted by Gasteiger charge is 2.23. The molecule has 0 amide bonds. The van der Waals surface area contributed by atoms with Crippen LogP contribution in [0, 0.1) is 17.0 Å². The number of ketones is 1. The largest absolute Gasteiger partial charge is 0.355 e. The molecule has 0 aromatic carbocycles. The van der Waals surface area contributed by atoms with Gasteiger partial charge in [0.25, 0.3) is 5.69 Å². The molecule has 1 aliphatic rings. The number of aromatic nitrogens is 1. The van der Waals surface area contributed by atoms with E-state index in [1.54, 1.807) is 6.92 Å². The molecule has 0 unspecified atom stereocenters. The Balaban J connectivity index is 2.32. The first-order chi connectivity index (χ1) is 8.50. The normalized spacial score (nSPS) is 15.9. The fraction of sp³-hybridized carbons (Fsp3) is 0.455. The predicted molar refractivity (Wildman–Crippen MR) is 69.8 cm³/mol. The average Bonchev–Trinajstić information content (AvgIpc) is 2.33. The van der Waals surface area contributed by atoms with Gasteiger partial charge in [-0.1, -0.05) is 0 Å². The molecule has 0 spiro atoms. The summed E-state index contributed by atoms with van der Waals surface area (Å²) < 4.78 is 0.631. The molecule has 0 N–H and O–H groups in total. The molecule has 1 saturated heterocycles. The highest BCUT2D eigenvalue weighted by molar-refractivity contribution is 9.10. The van der Waals surface area contributed by atoms with E-state index in [0.717, 1.165) is 0 Å². The minimum Gasteiger partial charge on any atom is -0.355 e. The first-order valence-electron chi connectivity index (χ1n) is 5.57. The number of carbonyl (C=O) groups excluding carboxylic acids is 1. The molecule has 18 heavy (non-hydrogen) atoms. The second kappa shape index (κ2) is 5.01. The Labute approximate surface area is 112 Å². The number of Topliss-reactive ketones (excluding diaryl/α,β-unsaturated/α-hetero) is 1. The van der Waals surface area contributed by atoms with E-state index in [1.165, 1.54) is 6.20 Å². The van der Waals surface area contributed by atoms with Gasteiger partial charge in [-0.3, -0.25) is 14.9 Å². The molecule has 1 aromatic heterocycles. The standard InChI is InChI=1S/C11H12BrN3O3/c1-7-9(15(17)18)6-13-11(10(7)12)14-4-2-8(16)3-5-14/h6H,2-5H2,1H3. The zero-order valence-corrected chi connectivity index (χ0v) is 11.4. The SMILES string of the molecule is Cc1c([N+](=O)[O-])cnc(N2CCC(=O)CC2)c1Br. The van der Waals surface area contributed by atoms with Gasteiger partial charge in [-0.05, 0) is 22.9 Å². The van der Waals surface area contributed by atoms with Gasteiger partial charge in [-0.2, -0.15) is 0 Å². The van der Waals surface area contributed by atoms with Crippen molar-refractivity contribution in [2.45, 2.75) is 19.8 Å². The van der Waals surface area contributed by atoms with Crippen LogP contribution in [0.4, 0.5) is 11.5 Å². The Morgan fingerprint density at radius 1 is 1.44 bits per heavy atom. The maximum atomic E-state index is 11.2. The van der Waals surface area contributed by atoms with E-state index >= 15 is 0 Å². The van der Waals surface area contributed by atoms with E-state index in [2.05, 4.69) is 20.9 Å². The number of rotatable bonds is 2. The minimum absolute atomic E-state index is 0.00119. The molecule has 6 nitrogen and oxygen atoms in total. The van der Waals surface area contributed by atoms with E-state index in [-0.39, 0.29) is 11.5 Å². The predicted octanol–water partition coefficient (Wildman–Crippen LogP) is 2.23. The van der Waals surface area contributed by atoms with Crippen LogP contribution in [0.25, 0.3) is 0 Å². The van der Waals surface area contributed by atoms with Crippen molar-refractivity contribution in [3.05, 3.63) is 26.3 Å². The molecule has 7 heteroatoms. The molecule has 96 valence electrons. The molecule has 0 aliphatic carbocycles. The van der Waals surface area contributed by atoms with Crippen molar-refractivity contribution in [1.29, 1.82) is 0 Å². The lowest BCUT2D eigenvalue weighted by atomic mass is 10.1. The third-order valence-corrected chi connectivity index (χ3v) is 3.99. The van der Waals surface area contributed by atoms with Crippen LogP contribution in [0.2, 0.25) is 0 Å². The summed E-state index contributed by atoms with van der Waals surface area (Å²) in [6.45, 7) is 2.91. The zero-order valence-electron chi connectivity index (χ0n) is 9.85. The van der Waals surface area contributed by atoms with Crippen LogP contribution in [0.15, 0.2) is 10.7 Å². The number of nitro groups is 1. The Kier molecular flexibility index (Phi) is 3.60. The van der Waals surface area contributed by atoms with Gasteiger partial charge >= 0.3 is 0 Å². The molecular formula is C11H12BrN3O3. The smallest absolute Gasteiger partial charge is 0.291 e. The second-order valence-corrected chi connectivity index (χ2v) is 4.98. The Morgan fingerprint density at radius 3 is 2.61 bits per heavy atom. The van der Waals surface area contributed by atoms with Crippen LogP contribution < -0.4 is 4.90 Å². The summed E-state index contributed by atoms with van der Waals surface area (Å²) in [4.78, 5) is 27.6. The lowest BCUT2D eigenvalue weighted by Crippen LogP contribution is -2.34. The summed E-state index contributed by atoms with van der Waals surface area (Å²) in [5.41, 5.74) is 0.556. The van der Waals surface area contributed by atoms with Gasteiger partial charge in [0.15, 0.2) is 0 Å². The van der Waals surface area contributed by atoms with Crippen LogP contribution >= 0.6 is 15.9 Å². The Bertz CT molecular complexity index is 509. The summed E-state index contributed by atoms with van der Waals surface area (Å²) in [6, 6.07) is 0. The van der Waals surface area contributed by atoms with Gasteiger partial charge in [0.2, 0.25) is 0 Å². The van der Waals surface area contributed by atoms with Crippen molar-refractivity contribution in [1.82, 2.24) is 4.98 Å². The Morgan fingerprint density at radius 2 is 2.06 bits per heavy atom. The highest BCUT2D eigenvalue weighted by Crippen LogP contribution is 2.33. The van der Waals surface area contributed by atoms with Crippen LogP contribution in [-0.2, 0) is 4.79 Å². The number of pyridine rings is 1. The van der Waals surface area contributed by atoms with E-state index < -0.39 is 4.92 Å². The molecule has 2 heterocycles. The lowest BCUT2D eigenvalue weighted by Gasteiger charge is -2.28. The number of halogens is 1. The van der Waals surface area contributed by atoms with E-state index in [1.807, 2.05) is 4.90 Å². The maximum Gasteiger partial charge on any atom is 0.291 e. The first kappa shape index (κ1) is 12.9. The van der Waals surface area contributed by atoms with Crippen molar-refractivity contribution < 1.29 is 9.72 Å². The molecule has 1 aliphatic heterocycles. The number of carbonyl (C=O) groups is 1. The highest BCUT2D eigenvalue weighted by atomic mass is 79.9. The summed E-state index contributed by atoms with van der Waals surface area (Å²) in [5, 5.41) is 10.8. The molecule has 2 rings (SSSR count). The number of piperidine rings is 1. The van der Waals surface area contributed by atoms with Crippen molar-refractivity contribution in [3.8, 4) is 0 Å². The van der Waals surface area contributed by atoms with Gasteiger partial charge < -0.3 is 4.90 Å². The number of anilines is 1. The van der Waals surface area contributed by atoms with E-state index in [9.17, 15) is 14.9 Å². The molecule has 0 saturated carbocycles. The van der Waals surface area contributed by atoms with Crippen molar-refractivity contribution >= 4 is 33.2 Å². The third-order valence-electron chi connectivity index (χ3n) is 3.04. The number of hydrogen-bond acceptors (Lipinski definition) is 5. The van der Waals surface area contributed by atoms with Crippen molar-refractivity contribution in [2.24, 2.45) is 0 Å². The van der Waals surface area contributed by atoms with Crippen molar-refractivity contribution in [3.63, 3.8) is 0 Å². The summed E-state index contributed by atoms with van der Waals surface area (Å²) in [5.74, 6) is 0.923. The van der Waals surface area contributed by atoms with Crippen molar-refractivity contribution in [2.75, 3.05) is 18.0 Å². The Hall–Kier alpha value is -1.50. The molecule has 1 fully saturated rings. The molecular weight excluding hydrogens is 302 g/mol. The van der Waals surface area contributed by atoms with Gasteiger partial charge in [-0.15, -0.1) is 0 Å². The van der Waals surface area contributed by atoms with Gasteiger partial charge in [-0.25, -0.2) is 4.98 Å². The van der Waals surface area contributed by atoms with E-state index in [0.29, 0.717) is 41.8 Å². The van der Waals surface area contributed by atoms with Gasteiger partial charge in [0, 0.05) is 31.5 Å². The van der Waals surface area contributed by atoms with Crippen LogP contribution in [0.5, 0.6) is 0 Å². The quantitative estimate of drug-likeness (QED) is 0.618. The first-order valence-corrected chi connectivity index (χ1v) is 6.36. The maximum absolute atomic E-state index is 11.2. The molecule has 1 aromatic rings. The van der Waals surface area contributed by atoms with Gasteiger partial charge in [0.05, 0.1) is 9.40 Å². The third kappa shape index (κ3) is 2.35. The molecule has 0 radical (unpaired) electrons. The number of nitrogens with zero attached hydrogens (tertiary/aromatic N) is 3. The molecule has 0 bridgehead atoms. The fourth-order valence-corrected chi connectivity index (χ4v) is 2.48. The number of hydrogen-bond donors (Lipinski definition) is 0. The van der Waals surface area contributed by atoms with Crippen LogP contribution in [0.3, 0.4) is 0 Å². The van der Waals surface area contributed by atoms with Gasteiger partial charge in [0.1, 0.15) is 17.8 Å². The van der Waals surface area contributed by atoms with E-state index in [4.69, 9.17) is 0 Å². The summed E-state index contributed by atoms with van der Waals surface area (Å²) >= 11 is 3.36. The van der Waals surface area contributed by atoms with Crippen LogP contribution in [-0.4, -0.2) is 28.8 Å². The topological polar surface area (TPSA) is 76.3 Å². The lowest BCUT2D eigenvalue weighted by molar-refractivity contribution is -0.385. The minimum atomic E-state index is -0.448. The zero-order chi connectivity index (χ0) is 13.3. The second-order valence-electron chi connectivity index (χ2n) is 4.19.